The van der Waals surface area contributed by atoms with Crippen LogP contribution in [0.1, 0.15) is 32.1 Å². The number of nitrogens with zero attached hydrogens (tertiary/aromatic N) is 4. The normalized spacial score (nSPS) is 14.6. The molecule has 1 aliphatic rings. The van der Waals surface area contributed by atoms with Gasteiger partial charge in [0.25, 0.3) is 0 Å². The van der Waals surface area contributed by atoms with Gasteiger partial charge < -0.3 is 5.32 Å². The highest BCUT2D eigenvalue weighted by Gasteiger charge is 2.10. The first-order chi connectivity index (χ1) is 10.8. The van der Waals surface area contributed by atoms with Gasteiger partial charge in [-0.05, 0) is 48.8 Å². The van der Waals surface area contributed by atoms with Crippen molar-refractivity contribution in [2.75, 3.05) is 6.54 Å². The average molecular weight is 317 g/mol. The van der Waals surface area contributed by atoms with E-state index >= 15 is 0 Å². The molecule has 0 unspecified atom stereocenters. The number of tetrazole rings is 1. The topological polar surface area (TPSA) is 72.7 Å². The molecule has 3 rings (SSSR count). The zero-order chi connectivity index (χ0) is 15.2. The molecule has 0 saturated heterocycles. The summed E-state index contributed by atoms with van der Waals surface area (Å²) in [4.78, 5) is 14.2. The number of thiophene rings is 1. The van der Waals surface area contributed by atoms with E-state index in [1.165, 1.54) is 36.1 Å². The van der Waals surface area contributed by atoms with E-state index in [4.69, 9.17) is 0 Å². The van der Waals surface area contributed by atoms with E-state index in [9.17, 15) is 4.79 Å². The molecule has 2 aromatic rings. The van der Waals surface area contributed by atoms with Gasteiger partial charge in [0.15, 0.2) is 0 Å². The summed E-state index contributed by atoms with van der Waals surface area (Å²) in [6.07, 6.45) is 8.16. The number of allylic oxidation sites excluding steroid dienone is 1. The molecule has 1 amide bonds. The molecule has 2 aromatic heterocycles. The van der Waals surface area contributed by atoms with Gasteiger partial charge in [0.05, 0.1) is 4.88 Å². The average Bonchev–Trinajstić information content (AvgIpc) is 3.19. The molecule has 0 fully saturated rings. The molecular weight excluding hydrogens is 298 g/mol. The van der Waals surface area contributed by atoms with Crippen LogP contribution in [0.4, 0.5) is 0 Å². The first kappa shape index (κ1) is 14.9. The molecule has 116 valence electrons. The van der Waals surface area contributed by atoms with Crippen LogP contribution in [0.25, 0.3) is 10.7 Å². The Morgan fingerprint density at radius 1 is 1.41 bits per heavy atom. The van der Waals surface area contributed by atoms with E-state index < -0.39 is 0 Å². The summed E-state index contributed by atoms with van der Waals surface area (Å²) in [5, 5.41) is 17.0. The summed E-state index contributed by atoms with van der Waals surface area (Å²) in [6.45, 7) is 0.786. The summed E-state index contributed by atoms with van der Waals surface area (Å²) in [6, 6.07) is 3.87. The lowest BCUT2D eigenvalue weighted by Gasteiger charge is -2.12. The molecule has 6 nitrogen and oxygen atoms in total. The standard InChI is InChI=1S/C15H19N5OS/c21-14(16-9-8-12-5-2-1-3-6-12)11-20-18-15(17-19-20)13-7-4-10-22-13/h4-5,7,10H,1-3,6,8-9,11H2,(H,16,21). The maximum absolute atomic E-state index is 11.9. The second kappa shape index (κ2) is 7.31. The molecule has 0 atom stereocenters. The fourth-order valence-electron chi connectivity index (χ4n) is 2.49. The minimum atomic E-state index is -0.0773. The summed E-state index contributed by atoms with van der Waals surface area (Å²) in [7, 11) is 0. The molecule has 7 heteroatoms. The monoisotopic (exact) mass is 317 g/mol. The Labute approximate surface area is 133 Å². The second-order valence-corrected chi connectivity index (χ2v) is 6.28. The number of rotatable bonds is 6. The van der Waals surface area contributed by atoms with Crippen LogP contribution < -0.4 is 5.32 Å². The Morgan fingerprint density at radius 3 is 3.14 bits per heavy atom. The van der Waals surface area contributed by atoms with E-state index in [-0.39, 0.29) is 12.5 Å². The van der Waals surface area contributed by atoms with Gasteiger partial charge in [0.2, 0.25) is 11.7 Å². The Balaban J connectivity index is 1.44. The molecule has 0 radical (unpaired) electrons. The van der Waals surface area contributed by atoms with Crippen molar-refractivity contribution in [3.63, 3.8) is 0 Å². The third kappa shape index (κ3) is 4.00. The zero-order valence-corrected chi connectivity index (χ0v) is 13.2. The van der Waals surface area contributed by atoms with Crippen LogP contribution in [-0.4, -0.2) is 32.7 Å². The van der Waals surface area contributed by atoms with Crippen LogP contribution in [0.15, 0.2) is 29.2 Å². The van der Waals surface area contributed by atoms with Crippen molar-refractivity contribution in [1.82, 2.24) is 25.5 Å². The van der Waals surface area contributed by atoms with E-state index in [2.05, 4.69) is 26.8 Å². The Hall–Kier alpha value is -2.02. The molecule has 0 saturated carbocycles. The Kier molecular flexibility index (Phi) is 4.95. The van der Waals surface area contributed by atoms with Crippen molar-refractivity contribution in [3.8, 4) is 10.7 Å². The van der Waals surface area contributed by atoms with Crippen LogP contribution in [0.5, 0.6) is 0 Å². The molecule has 0 aromatic carbocycles. The lowest BCUT2D eigenvalue weighted by atomic mass is 9.97. The molecule has 1 N–H and O–H groups in total. The molecule has 2 heterocycles. The summed E-state index contributed by atoms with van der Waals surface area (Å²) in [5.74, 6) is 0.488. The number of aromatic nitrogens is 4. The fraction of sp³-hybridized carbons (Fsp3) is 0.467. The fourth-order valence-corrected chi connectivity index (χ4v) is 3.14. The number of carbonyl (C=O) groups excluding carboxylic acids is 1. The third-order valence-corrected chi connectivity index (χ3v) is 4.50. The van der Waals surface area contributed by atoms with Crippen molar-refractivity contribution in [3.05, 3.63) is 29.2 Å². The zero-order valence-electron chi connectivity index (χ0n) is 12.4. The van der Waals surface area contributed by atoms with Crippen molar-refractivity contribution in [2.24, 2.45) is 0 Å². The highest BCUT2D eigenvalue weighted by Crippen LogP contribution is 2.20. The number of nitrogens with one attached hydrogen (secondary N) is 1. The van der Waals surface area contributed by atoms with E-state index in [1.54, 1.807) is 11.3 Å². The lowest BCUT2D eigenvalue weighted by Crippen LogP contribution is -2.29. The first-order valence-corrected chi connectivity index (χ1v) is 8.45. The maximum atomic E-state index is 11.9. The molecule has 0 spiro atoms. The van der Waals surface area contributed by atoms with Gasteiger partial charge in [-0.3, -0.25) is 4.79 Å². The highest BCUT2D eigenvalue weighted by molar-refractivity contribution is 7.13. The van der Waals surface area contributed by atoms with Gasteiger partial charge in [0.1, 0.15) is 6.54 Å². The van der Waals surface area contributed by atoms with Gasteiger partial charge >= 0.3 is 0 Å². The molecule has 22 heavy (non-hydrogen) atoms. The van der Waals surface area contributed by atoms with Crippen LogP contribution in [0.3, 0.4) is 0 Å². The molecular formula is C15H19N5OS. The smallest absolute Gasteiger partial charge is 0.243 e. The van der Waals surface area contributed by atoms with Crippen molar-refractivity contribution >= 4 is 17.2 Å². The Bertz CT molecular complexity index is 647. The molecule has 0 aliphatic heterocycles. The van der Waals surface area contributed by atoms with Gasteiger partial charge in [-0.25, -0.2) is 0 Å². The van der Waals surface area contributed by atoms with Gasteiger partial charge in [-0.15, -0.1) is 21.5 Å². The summed E-state index contributed by atoms with van der Waals surface area (Å²) < 4.78 is 0. The Morgan fingerprint density at radius 2 is 2.36 bits per heavy atom. The predicted molar refractivity (Wildman–Crippen MR) is 85.3 cm³/mol. The van der Waals surface area contributed by atoms with Gasteiger partial charge in [-0.2, -0.15) is 4.80 Å². The number of hydrogen-bond acceptors (Lipinski definition) is 5. The van der Waals surface area contributed by atoms with Crippen LogP contribution in [0, 0.1) is 0 Å². The van der Waals surface area contributed by atoms with E-state index in [1.807, 2.05) is 17.5 Å². The van der Waals surface area contributed by atoms with E-state index in [0.29, 0.717) is 12.4 Å². The third-order valence-electron chi connectivity index (χ3n) is 3.63. The quantitative estimate of drug-likeness (QED) is 0.830. The number of carbonyl (C=O) groups is 1. The van der Waals surface area contributed by atoms with Gasteiger partial charge in [-0.1, -0.05) is 17.7 Å². The minimum absolute atomic E-state index is 0.0773. The van der Waals surface area contributed by atoms with Crippen LogP contribution in [0.2, 0.25) is 0 Å². The van der Waals surface area contributed by atoms with E-state index in [0.717, 1.165) is 11.3 Å². The van der Waals surface area contributed by atoms with Crippen LogP contribution >= 0.6 is 11.3 Å². The minimum Gasteiger partial charge on any atom is -0.354 e. The summed E-state index contributed by atoms with van der Waals surface area (Å²) in [5.41, 5.74) is 1.46. The van der Waals surface area contributed by atoms with Crippen LogP contribution in [-0.2, 0) is 11.3 Å². The van der Waals surface area contributed by atoms with Gasteiger partial charge in [0, 0.05) is 6.54 Å². The highest BCUT2D eigenvalue weighted by atomic mass is 32.1. The molecule has 1 aliphatic carbocycles. The van der Waals surface area contributed by atoms with Crippen molar-refractivity contribution in [1.29, 1.82) is 0 Å². The number of hydrogen-bond donors (Lipinski definition) is 1. The SMILES string of the molecule is O=C(Cn1nnc(-c2cccs2)n1)NCCC1=CCCCC1. The lowest BCUT2D eigenvalue weighted by molar-refractivity contribution is -0.122. The maximum Gasteiger partial charge on any atom is 0.243 e. The van der Waals surface area contributed by atoms with Crippen molar-refractivity contribution in [2.45, 2.75) is 38.6 Å². The molecule has 0 bridgehead atoms. The first-order valence-electron chi connectivity index (χ1n) is 7.57. The predicted octanol–water partition coefficient (Wildman–Crippen LogP) is 2.41. The number of amides is 1. The summed E-state index contributed by atoms with van der Waals surface area (Å²) >= 11 is 1.55. The largest absolute Gasteiger partial charge is 0.354 e. The van der Waals surface area contributed by atoms with Crippen molar-refractivity contribution < 1.29 is 4.79 Å². The second-order valence-electron chi connectivity index (χ2n) is 5.33.